The molecule has 0 saturated heterocycles. The summed E-state index contributed by atoms with van der Waals surface area (Å²) in [5.74, 6) is 0.408. The highest BCUT2D eigenvalue weighted by Gasteiger charge is 2.16. The third-order valence-electron chi connectivity index (χ3n) is 2.20. The molecule has 0 aliphatic rings. The molecule has 4 heteroatoms. The van der Waals surface area contributed by atoms with Crippen molar-refractivity contribution in [3.63, 3.8) is 0 Å². The van der Waals surface area contributed by atoms with Gasteiger partial charge in [-0.2, -0.15) is 5.10 Å². The third-order valence-corrected chi connectivity index (χ3v) is 2.20. The Kier molecular flexibility index (Phi) is 3.73. The van der Waals surface area contributed by atoms with Crippen LogP contribution in [0.5, 0.6) is 0 Å². The van der Waals surface area contributed by atoms with E-state index < -0.39 is 0 Å². The van der Waals surface area contributed by atoms with Crippen molar-refractivity contribution in [2.45, 2.75) is 40.2 Å². The van der Waals surface area contributed by atoms with Gasteiger partial charge in [0, 0.05) is 12.7 Å². The molecule has 0 atom stereocenters. The molecule has 1 N–H and O–H groups in total. The maximum absolute atomic E-state index is 11.7. The van der Waals surface area contributed by atoms with E-state index in [0.717, 1.165) is 0 Å². The molecule has 16 heavy (non-hydrogen) atoms. The lowest BCUT2D eigenvalue weighted by Gasteiger charge is -2.18. The van der Waals surface area contributed by atoms with Crippen LogP contribution in [0, 0.1) is 5.92 Å². The van der Waals surface area contributed by atoms with Gasteiger partial charge in [0.25, 0.3) is 5.91 Å². The highest BCUT2D eigenvalue weighted by Crippen LogP contribution is 2.13. The first-order valence-electron chi connectivity index (χ1n) is 5.64. The summed E-state index contributed by atoms with van der Waals surface area (Å²) >= 11 is 0. The summed E-state index contributed by atoms with van der Waals surface area (Å²) in [7, 11) is 0. The highest BCUT2D eigenvalue weighted by atomic mass is 16.1. The molecule has 1 aromatic heterocycles. The van der Waals surface area contributed by atoms with E-state index in [1.807, 2.05) is 0 Å². The fourth-order valence-corrected chi connectivity index (χ4v) is 1.21. The maximum atomic E-state index is 11.7. The van der Waals surface area contributed by atoms with Crippen molar-refractivity contribution >= 4 is 5.91 Å². The summed E-state index contributed by atoms with van der Waals surface area (Å²) in [5.41, 5.74) is 0.534. The lowest BCUT2D eigenvalue weighted by Crippen LogP contribution is -2.27. The van der Waals surface area contributed by atoms with Gasteiger partial charge in [-0.1, -0.05) is 13.8 Å². The molecule has 0 bridgehead atoms. The molecule has 0 aromatic carbocycles. The fourth-order valence-electron chi connectivity index (χ4n) is 1.21. The Morgan fingerprint density at radius 3 is 2.56 bits per heavy atom. The number of carbonyl (C=O) groups excluding carboxylic acids is 1. The van der Waals surface area contributed by atoms with Crippen LogP contribution in [0.3, 0.4) is 0 Å². The molecule has 0 spiro atoms. The smallest absolute Gasteiger partial charge is 0.254 e. The minimum absolute atomic E-state index is 0.0517. The summed E-state index contributed by atoms with van der Waals surface area (Å²) in [5, 5.41) is 7.06. The second-order valence-corrected chi connectivity index (χ2v) is 5.45. The van der Waals surface area contributed by atoms with Gasteiger partial charge < -0.3 is 5.32 Å². The molecule has 1 heterocycles. The second kappa shape index (κ2) is 4.68. The molecule has 0 fully saturated rings. The first kappa shape index (κ1) is 12.7. The number of amides is 1. The van der Waals surface area contributed by atoms with E-state index >= 15 is 0 Å². The predicted octanol–water partition coefficient (Wildman–Crippen LogP) is 2.02. The number of hydrogen-bond donors (Lipinski definition) is 1. The van der Waals surface area contributed by atoms with Crippen LogP contribution < -0.4 is 5.32 Å². The van der Waals surface area contributed by atoms with Gasteiger partial charge in [-0.3, -0.25) is 9.48 Å². The molecule has 4 nitrogen and oxygen atoms in total. The average Bonchev–Trinajstić information content (AvgIpc) is 2.61. The van der Waals surface area contributed by atoms with Crippen LogP contribution in [-0.4, -0.2) is 22.2 Å². The van der Waals surface area contributed by atoms with Crippen molar-refractivity contribution in [2.24, 2.45) is 5.92 Å². The van der Waals surface area contributed by atoms with Crippen molar-refractivity contribution < 1.29 is 4.79 Å². The number of hydrogen-bond acceptors (Lipinski definition) is 2. The fraction of sp³-hybridized carbons (Fsp3) is 0.667. The van der Waals surface area contributed by atoms with Crippen molar-refractivity contribution in [2.75, 3.05) is 6.54 Å². The van der Waals surface area contributed by atoms with Crippen LogP contribution >= 0.6 is 0 Å². The Balaban J connectivity index is 2.67. The van der Waals surface area contributed by atoms with E-state index in [4.69, 9.17) is 0 Å². The van der Waals surface area contributed by atoms with Gasteiger partial charge in [-0.15, -0.1) is 0 Å². The second-order valence-electron chi connectivity index (χ2n) is 5.45. The predicted molar refractivity (Wildman–Crippen MR) is 64.4 cm³/mol. The van der Waals surface area contributed by atoms with Gasteiger partial charge in [-0.05, 0) is 26.7 Å². The topological polar surface area (TPSA) is 46.9 Å². The summed E-state index contributed by atoms with van der Waals surface area (Å²) in [6.45, 7) is 11.0. The number of carbonyl (C=O) groups is 1. The van der Waals surface area contributed by atoms with E-state index in [1.54, 1.807) is 17.1 Å². The molecule has 0 aliphatic carbocycles. The van der Waals surface area contributed by atoms with E-state index in [0.29, 0.717) is 18.0 Å². The molecule has 0 radical (unpaired) electrons. The monoisotopic (exact) mass is 223 g/mol. The molecule has 0 aliphatic heterocycles. The standard InChI is InChI=1S/C12H21N3O/c1-9(2)6-13-11(16)10-7-14-15(8-10)12(3,4)5/h7-9H,6H2,1-5H3,(H,13,16). The highest BCUT2D eigenvalue weighted by molar-refractivity contribution is 5.93. The van der Waals surface area contributed by atoms with Crippen molar-refractivity contribution in [1.82, 2.24) is 15.1 Å². The first-order valence-corrected chi connectivity index (χ1v) is 5.64. The Labute approximate surface area is 97.0 Å². The summed E-state index contributed by atoms with van der Waals surface area (Å²) in [6.07, 6.45) is 3.40. The summed E-state index contributed by atoms with van der Waals surface area (Å²) in [4.78, 5) is 11.7. The Bertz CT molecular complexity index is 361. The Hall–Kier alpha value is -1.32. The molecule has 1 aromatic rings. The summed E-state index contributed by atoms with van der Waals surface area (Å²) < 4.78 is 1.80. The average molecular weight is 223 g/mol. The van der Waals surface area contributed by atoms with Crippen molar-refractivity contribution in [3.8, 4) is 0 Å². The van der Waals surface area contributed by atoms with Crippen molar-refractivity contribution in [3.05, 3.63) is 18.0 Å². The first-order chi connectivity index (χ1) is 7.30. The zero-order chi connectivity index (χ0) is 12.3. The molecule has 0 unspecified atom stereocenters. The maximum Gasteiger partial charge on any atom is 0.254 e. The number of nitrogens with zero attached hydrogens (tertiary/aromatic N) is 2. The number of nitrogens with one attached hydrogen (secondary N) is 1. The molecular weight excluding hydrogens is 202 g/mol. The zero-order valence-electron chi connectivity index (χ0n) is 10.7. The van der Waals surface area contributed by atoms with Gasteiger partial charge in [-0.25, -0.2) is 0 Å². The Morgan fingerprint density at radius 2 is 2.12 bits per heavy atom. The lowest BCUT2D eigenvalue weighted by molar-refractivity contribution is 0.0949. The molecule has 0 saturated carbocycles. The molecule has 1 rings (SSSR count). The molecule has 90 valence electrons. The number of rotatable bonds is 3. The van der Waals surface area contributed by atoms with E-state index in [-0.39, 0.29) is 11.4 Å². The largest absolute Gasteiger partial charge is 0.352 e. The van der Waals surface area contributed by atoms with Gasteiger partial charge >= 0.3 is 0 Å². The lowest BCUT2D eigenvalue weighted by atomic mass is 10.1. The quantitative estimate of drug-likeness (QED) is 0.852. The third kappa shape index (κ3) is 3.36. The van der Waals surface area contributed by atoms with Crippen molar-refractivity contribution in [1.29, 1.82) is 0 Å². The van der Waals surface area contributed by atoms with Crippen LogP contribution in [0.1, 0.15) is 45.0 Å². The van der Waals surface area contributed by atoms with Crippen LogP contribution in [-0.2, 0) is 5.54 Å². The van der Waals surface area contributed by atoms with Gasteiger partial charge in [0.05, 0.1) is 17.3 Å². The van der Waals surface area contributed by atoms with Crippen LogP contribution in [0.15, 0.2) is 12.4 Å². The van der Waals surface area contributed by atoms with E-state index in [9.17, 15) is 4.79 Å². The zero-order valence-corrected chi connectivity index (χ0v) is 10.7. The van der Waals surface area contributed by atoms with Crippen LogP contribution in [0.2, 0.25) is 0 Å². The van der Waals surface area contributed by atoms with Gasteiger partial charge in [0.2, 0.25) is 0 Å². The molecular formula is C12H21N3O. The van der Waals surface area contributed by atoms with Crippen LogP contribution in [0.4, 0.5) is 0 Å². The normalized spacial score (nSPS) is 11.9. The van der Waals surface area contributed by atoms with Gasteiger partial charge in [0.15, 0.2) is 0 Å². The summed E-state index contributed by atoms with van der Waals surface area (Å²) in [6, 6.07) is 0. The molecule has 1 amide bonds. The minimum atomic E-state index is -0.0867. The minimum Gasteiger partial charge on any atom is -0.352 e. The van der Waals surface area contributed by atoms with E-state index in [1.165, 1.54) is 0 Å². The SMILES string of the molecule is CC(C)CNC(=O)c1cnn(C(C)(C)C)c1. The van der Waals surface area contributed by atoms with Gasteiger partial charge in [0.1, 0.15) is 0 Å². The Morgan fingerprint density at radius 1 is 1.50 bits per heavy atom. The number of aromatic nitrogens is 2. The van der Waals surface area contributed by atoms with Crippen LogP contribution in [0.25, 0.3) is 0 Å². The van der Waals surface area contributed by atoms with E-state index in [2.05, 4.69) is 45.0 Å².